The first-order chi connectivity index (χ1) is 19.6. The summed E-state index contributed by atoms with van der Waals surface area (Å²) < 4.78 is 13.2. The third kappa shape index (κ3) is 4.03. The molecule has 0 N–H and O–H groups in total. The number of nitrogens with zero attached hydrogens (tertiary/aromatic N) is 1. The van der Waals surface area contributed by atoms with E-state index in [2.05, 4.69) is 38.7 Å². The maximum atomic E-state index is 12.9. The lowest BCUT2D eigenvalue weighted by Crippen LogP contribution is -2.60. The Balaban J connectivity index is 1.09. The molecule has 1 amide bonds. The van der Waals surface area contributed by atoms with Gasteiger partial charge in [-0.25, -0.2) is 4.79 Å². The van der Waals surface area contributed by atoms with E-state index in [0.29, 0.717) is 41.1 Å². The molecule has 1 spiro atoms. The van der Waals surface area contributed by atoms with Crippen molar-refractivity contribution in [1.82, 2.24) is 4.90 Å². The summed E-state index contributed by atoms with van der Waals surface area (Å²) in [4.78, 5) is 27.7. The average molecular weight is 560 g/mol. The van der Waals surface area contributed by atoms with E-state index >= 15 is 0 Å². The molecule has 0 unspecified atom stereocenters. The Bertz CT molecular complexity index is 1240. The number of likely N-dealkylation sites (tertiary alicyclic amines) is 1. The van der Waals surface area contributed by atoms with E-state index in [1.807, 2.05) is 30.3 Å². The Hall–Kier alpha value is -2.14. The van der Waals surface area contributed by atoms with Crippen molar-refractivity contribution in [3.05, 3.63) is 47.5 Å². The molecule has 3 saturated carbocycles. The van der Waals surface area contributed by atoms with Crippen molar-refractivity contribution in [3.8, 4) is 0 Å². The zero-order valence-electron chi connectivity index (χ0n) is 25.7. The number of carbonyl (C=O) groups is 2. The molecular formula is C36H49NO4. The zero-order valence-corrected chi connectivity index (χ0v) is 25.7. The molecule has 11 atom stereocenters. The number of rotatable bonds is 2. The largest absolute Gasteiger partial charge is 0.458 e. The highest BCUT2D eigenvalue weighted by molar-refractivity contribution is 5.89. The number of hydrogen-bond acceptors (Lipinski definition) is 4. The van der Waals surface area contributed by atoms with E-state index in [4.69, 9.17) is 9.47 Å². The van der Waals surface area contributed by atoms with Gasteiger partial charge >= 0.3 is 5.97 Å². The number of allylic oxidation sites excluding steroid dienone is 1. The molecule has 0 aromatic heterocycles. The zero-order chi connectivity index (χ0) is 28.7. The van der Waals surface area contributed by atoms with Crippen LogP contribution in [0.5, 0.6) is 0 Å². The highest BCUT2D eigenvalue weighted by Crippen LogP contribution is 2.70. The summed E-state index contributed by atoms with van der Waals surface area (Å²) in [6.07, 6.45) is 12.7. The average Bonchev–Trinajstić information content (AvgIpc) is 3.40. The van der Waals surface area contributed by atoms with Crippen LogP contribution in [0.25, 0.3) is 0 Å². The highest BCUT2D eigenvalue weighted by Gasteiger charge is 2.69. The molecule has 2 saturated heterocycles. The molecule has 0 bridgehead atoms. The molecule has 1 aromatic rings. The number of benzene rings is 1. The molecule has 41 heavy (non-hydrogen) atoms. The van der Waals surface area contributed by atoms with Gasteiger partial charge in [-0.15, -0.1) is 0 Å². The Morgan fingerprint density at radius 1 is 1.00 bits per heavy atom. The molecule has 4 aliphatic carbocycles. The van der Waals surface area contributed by atoms with Crippen molar-refractivity contribution in [3.63, 3.8) is 0 Å². The van der Waals surface area contributed by atoms with E-state index in [-0.39, 0.29) is 34.9 Å². The van der Waals surface area contributed by atoms with Gasteiger partial charge in [-0.05, 0) is 104 Å². The lowest BCUT2D eigenvalue weighted by atomic mass is 9.46. The summed E-state index contributed by atoms with van der Waals surface area (Å²) in [7, 11) is 0. The molecule has 2 aliphatic heterocycles. The van der Waals surface area contributed by atoms with E-state index in [1.165, 1.54) is 18.4 Å². The van der Waals surface area contributed by atoms with Crippen molar-refractivity contribution in [2.45, 2.75) is 110 Å². The minimum atomic E-state index is -0.403. The maximum Gasteiger partial charge on any atom is 0.338 e. The number of amides is 1. The fraction of sp³-hybridized carbons (Fsp3) is 0.722. The Morgan fingerprint density at radius 2 is 1.78 bits per heavy atom. The smallest absolute Gasteiger partial charge is 0.338 e. The van der Waals surface area contributed by atoms with Gasteiger partial charge in [0.1, 0.15) is 11.8 Å². The predicted octanol–water partition coefficient (Wildman–Crippen LogP) is 7.41. The van der Waals surface area contributed by atoms with Crippen LogP contribution in [-0.4, -0.2) is 41.3 Å². The minimum absolute atomic E-state index is 0.0221. The summed E-state index contributed by atoms with van der Waals surface area (Å²) in [6, 6.07) is 9.41. The van der Waals surface area contributed by atoms with Gasteiger partial charge in [-0.2, -0.15) is 0 Å². The fourth-order valence-electron chi connectivity index (χ4n) is 11.4. The molecule has 7 rings (SSSR count). The van der Waals surface area contributed by atoms with Gasteiger partial charge in [-0.3, -0.25) is 4.79 Å². The third-order valence-electron chi connectivity index (χ3n) is 13.4. The summed E-state index contributed by atoms with van der Waals surface area (Å²) in [6.45, 7) is 12.4. The minimum Gasteiger partial charge on any atom is -0.458 e. The van der Waals surface area contributed by atoms with Crippen molar-refractivity contribution in [2.75, 3.05) is 6.54 Å². The van der Waals surface area contributed by atoms with E-state index < -0.39 is 5.72 Å². The van der Waals surface area contributed by atoms with Crippen LogP contribution in [0.15, 0.2) is 42.0 Å². The predicted molar refractivity (Wildman–Crippen MR) is 159 cm³/mol. The van der Waals surface area contributed by atoms with Gasteiger partial charge in [-0.1, -0.05) is 57.5 Å². The second-order valence-electron chi connectivity index (χ2n) is 15.3. The summed E-state index contributed by atoms with van der Waals surface area (Å²) in [5.41, 5.74) is 2.25. The Labute approximate surface area is 246 Å². The van der Waals surface area contributed by atoms with Crippen molar-refractivity contribution in [2.24, 2.45) is 46.3 Å². The van der Waals surface area contributed by atoms with Crippen molar-refractivity contribution < 1.29 is 19.1 Å². The summed E-state index contributed by atoms with van der Waals surface area (Å²) >= 11 is 0. The summed E-state index contributed by atoms with van der Waals surface area (Å²) in [5.74, 6) is 3.48. The normalized spacial score (nSPS) is 46.7. The molecule has 2 heterocycles. The second-order valence-corrected chi connectivity index (χ2v) is 15.3. The van der Waals surface area contributed by atoms with Gasteiger partial charge in [0.05, 0.1) is 11.7 Å². The molecule has 5 nitrogen and oxygen atoms in total. The quantitative estimate of drug-likeness (QED) is 0.280. The lowest BCUT2D eigenvalue weighted by molar-refractivity contribution is -0.200. The molecule has 0 radical (unpaired) electrons. The number of esters is 1. The van der Waals surface area contributed by atoms with Gasteiger partial charge in [0.15, 0.2) is 0 Å². The van der Waals surface area contributed by atoms with Crippen LogP contribution in [0.3, 0.4) is 0 Å². The van der Waals surface area contributed by atoms with Crippen LogP contribution in [-0.2, 0) is 14.3 Å². The van der Waals surface area contributed by atoms with Crippen LogP contribution >= 0.6 is 0 Å². The molecule has 6 aliphatic rings. The summed E-state index contributed by atoms with van der Waals surface area (Å²) in [5, 5.41) is 0. The van der Waals surface area contributed by atoms with E-state index in [9.17, 15) is 9.59 Å². The number of hydrogen-bond donors (Lipinski definition) is 0. The first kappa shape index (κ1) is 27.7. The van der Waals surface area contributed by atoms with E-state index in [1.54, 1.807) is 6.92 Å². The highest BCUT2D eigenvalue weighted by atomic mass is 16.5. The third-order valence-corrected chi connectivity index (χ3v) is 13.4. The second kappa shape index (κ2) is 9.69. The lowest BCUT2D eigenvalue weighted by Gasteiger charge is -2.59. The number of fused-ring (bicyclic) bond motifs is 7. The van der Waals surface area contributed by atoms with Crippen LogP contribution in [0, 0.1) is 46.3 Å². The van der Waals surface area contributed by atoms with Gasteiger partial charge in [0, 0.05) is 25.8 Å². The van der Waals surface area contributed by atoms with E-state index in [0.717, 1.165) is 51.5 Å². The maximum absolute atomic E-state index is 12.9. The first-order valence-electron chi connectivity index (χ1n) is 16.5. The molecule has 222 valence electrons. The fourth-order valence-corrected chi connectivity index (χ4v) is 11.4. The molecule has 5 heteroatoms. The van der Waals surface area contributed by atoms with Crippen molar-refractivity contribution >= 4 is 11.9 Å². The standard InChI is InChI=1S/C36H49NO4/c1-22-13-18-36(37(21-22)24(3)38)23(2)32-31(41-36)20-30-28-12-11-26-19-27(40-33(39)25-9-7-6-8-10-25)14-16-34(26,4)29(28)15-17-35(30,32)5/h6-11,22-23,27-32H,12-21H2,1-5H3/t22-,23-,27-,28+,29-,30-,31-,32+,34-,35-,36-/m0/s1. The van der Waals surface area contributed by atoms with Gasteiger partial charge in [0.25, 0.3) is 0 Å². The molecular weight excluding hydrogens is 510 g/mol. The van der Waals surface area contributed by atoms with Crippen LogP contribution < -0.4 is 0 Å². The monoisotopic (exact) mass is 559 g/mol. The Morgan fingerprint density at radius 3 is 2.54 bits per heavy atom. The number of ether oxygens (including phenoxy) is 2. The first-order valence-corrected chi connectivity index (χ1v) is 16.5. The van der Waals surface area contributed by atoms with Crippen molar-refractivity contribution in [1.29, 1.82) is 0 Å². The van der Waals surface area contributed by atoms with Gasteiger partial charge < -0.3 is 14.4 Å². The van der Waals surface area contributed by atoms with Crippen LogP contribution in [0.2, 0.25) is 0 Å². The number of piperidine rings is 1. The van der Waals surface area contributed by atoms with Crippen LogP contribution in [0.4, 0.5) is 0 Å². The van der Waals surface area contributed by atoms with Crippen LogP contribution in [0.1, 0.15) is 103 Å². The van der Waals surface area contributed by atoms with Gasteiger partial charge in [0.2, 0.25) is 5.91 Å². The number of carbonyl (C=O) groups excluding carboxylic acids is 2. The molecule has 5 fully saturated rings. The topological polar surface area (TPSA) is 55.8 Å². The molecule has 1 aromatic carbocycles. The Kier molecular flexibility index (Phi) is 6.54. The SMILES string of the molecule is CC(=O)N1C[C@@H](C)CC[C@@]12O[C@H]1C[C@H]3[C@@H]4CC=C5C[C@@H](OC(=O)c6ccccc6)CC[C@]5(C)[C@H]4CC[C@]3(C)[C@@H]1[C@@H]2C.